The highest BCUT2D eigenvalue weighted by atomic mass is 32.2. The first-order chi connectivity index (χ1) is 13.5. The molecule has 9 heteroatoms. The Morgan fingerprint density at radius 1 is 1.21 bits per heavy atom. The van der Waals surface area contributed by atoms with Crippen molar-refractivity contribution in [1.29, 1.82) is 0 Å². The number of hydrogen-bond acceptors (Lipinski definition) is 7. The van der Waals surface area contributed by atoms with Gasteiger partial charge in [0.1, 0.15) is 5.75 Å². The molecule has 0 radical (unpaired) electrons. The van der Waals surface area contributed by atoms with Gasteiger partial charge in [-0.2, -0.15) is 0 Å². The molecule has 0 atom stereocenters. The molecule has 2 heterocycles. The lowest BCUT2D eigenvalue weighted by atomic mass is 9.98. The first-order valence-corrected chi connectivity index (χ1v) is 10.4. The highest BCUT2D eigenvalue weighted by Gasteiger charge is 2.52. The molecule has 1 aromatic carbocycles. The van der Waals surface area contributed by atoms with Crippen molar-refractivity contribution in [3.05, 3.63) is 54.4 Å². The minimum Gasteiger partial charge on any atom is -0.493 e. The highest BCUT2D eigenvalue weighted by molar-refractivity contribution is 7.93. The first-order valence-electron chi connectivity index (χ1n) is 8.88. The Bertz CT molecular complexity index is 894. The van der Waals surface area contributed by atoms with Gasteiger partial charge in [-0.3, -0.25) is 15.0 Å². The van der Waals surface area contributed by atoms with Gasteiger partial charge in [0.25, 0.3) is 5.91 Å². The van der Waals surface area contributed by atoms with E-state index in [1.165, 1.54) is 17.6 Å². The molecule has 150 valence electrons. The molecule has 0 unspecified atom stereocenters. The van der Waals surface area contributed by atoms with Crippen molar-refractivity contribution in [2.24, 2.45) is 0 Å². The zero-order chi connectivity index (χ0) is 20.0. The number of amides is 1. The molecule has 2 N–H and O–H groups in total. The minimum absolute atomic E-state index is 0.00221. The molecule has 1 aromatic heterocycles. The Kier molecular flexibility index (Phi) is 6.28. The van der Waals surface area contributed by atoms with E-state index in [-0.39, 0.29) is 31.0 Å². The first kappa shape index (κ1) is 20.2. The monoisotopic (exact) mass is 406 g/mol. The van der Waals surface area contributed by atoms with Crippen LogP contribution in [0.4, 0.5) is 0 Å². The summed E-state index contributed by atoms with van der Waals surface area (Å²) in [5, 5.41) is 9.07. The van der Waals surface area contributed by atoms with Crippen LogP contribution in [0.2, 0.25) is 0 Å². The number of aromatic nitrogens is 1. The maximum absolute atomic E-state index is 13.1. The third kappa shape index (κ3) is 4.01. The Hall–Kier alpha value is -2.49. The summed E-state index contributed by atoms with van der Waals surface area (Å²) in [6, 6.07) is 9.74. The van der Waals surface area contributed by atoms with Gasteiger partial charge in [0.15, 0.2) is 14.6 Å². The van der Waals surface area contributed by atoms with Gasteiger partial charge >= 0.3 is 0 Å². The number of benzene rings is 1. The summed E-state index contributed by atoms with van der Waals surface area (Å²) < 4.78 is 35.4. The highest BCUT2D eigenvalue weighted by Crippen LogP contribution is 2.35. The van der Waals surface area contributed by atoms with Gasteiger partial charge in [-0.1, -0.05) is 6.07 Å². The number of carbonyl (C=O) groups is 1. The van der Waals surface area contributed by atoms with Crippen molar-refractivity contribution in [1.82, 2.24) is 10.5 Å². The van der Waals surface area contributed by atoms with E-state index in [0.717, 1.165) is 5.56 Å². The summed E-state index contributed by atoms with van der Waals surface area (Å²) in [5.74, 6) is -0.414. The summed E-state index contributed by atoms with van der Waals surface area (Å²) in [6.07, 6.45) is 4.09. The Morgan fingerprint density at radius 2 is 1.93 bits per heavy atom. The third-order valence-electron chi connectivity index (χ3n) is 4.85. The summed E-state index contributed by atoms with van der Waals surface area (Å²) in [5.41, 5.74) is 2.54. The van der Waals surface area contributed by atoms with Crippen LogP contribution in [0.1, 0.15) is 18.4 Å². The van der Waals surface area contributed by atoms with Crippen LogP contribution in [-0.4, -0.2) is 49.1 Å². The fourth-order valence-electron chi connectivity index (χ4n) is 3.19. The van der Waals surface area contributed by atoms with Gasteiger partial charge in [0.05, 0.1) is 11.5 Å². The lowest BCUT2D eigenvalue weighted by Crippen LogP contribution is -2.54. The minimum atomic E-state index is -4.03. The summed E-state index contributed by atoms with van der Waals surface area (Å²) >= 11 is 0. The Balaban J connectivity index is 1.73. The molecule has 1 fully saturated rings. The Morgan fingerprint density at radius 3 is 2.54 bits per heavy atom. The van der Waals surface area contributed by atoms with Crippen LogP contribution >= 0.6 is 0 Å². The van der Waals surface area contributed by atoms with E-state index >= 15 is 0 Å². The van der Waals surface area contributed by atoms with E-state index in [0.29, 0.717) is 18.8 Å². The van der Waals surface area contributed by atoms with Gasteiger partial charge in [0.2, 0.25) is 0 Å². The van der Waals surface area contributed by atoms with Crippen molar-refractivity contribution in [3.63, 3.8) is 0 Å². The molecule has 28 heavy (non-hydrogen) atoms. The standard InChI is InChI=1S/C19H22N2O6S/c22-18(21-23)19(8-12-26-13-9-19)28(24,25)17-5-3-16(4-6-17)27-11-7-15-2-1-10-20-14-15/h1-6,10,14,23H,7-9,11-13H2,(H,21,22). The van der Waals surface area contributed by atoms with Gasteiger partial charge in [0, 0.05) is 32.0 Å². The van der Waals surface area contributed by atoms with Crippen LogP contribution in [0.25, 0.3) is 0 Å². The topological polar surface area (TPSA) is 115 Å². The molecule has 1 aliphatic heterocycles. The normalized spacial score (nSPS) is 16.3. The van der Waals surface area contributed by atoms with Crippen LogP contribution in [0.15, 0.2) is 53.7 Å². The van der Waals surface area contributed by atoms with E-state index in [1.807, 2.05) is 12.1 Å². The number of hydrogen-bond donors (Lipinski definition) is 2. The van der Waals surface area contributed by atoms with Gasteiger partial charge < -0.3 is 9.47 Å². The van der Waals surface area contributed by atoms with Crippen LogP contribution in [0, 0.1) is 0 Å². The predicted molar refractivity (Wildman–Crippen MR) is 99.8 cm³/mol. The number of carbonyl (C=O) groups excluding carboxylic acids is 1. The van der Waals surface area contributed by atoms with Crippen molar-refractivity contribution in [2.45, 2.75) is 28.9 Å². The second-order valence-electron chi connectivity index (χ2n) is 6.48. The molecular formula is C19H22N2O6S. The number of ether oxygens (including phenoxy) is 2. The molecule has 8 nitrogen and oxygen atoms in total. The number of rotatable bonds is 7. The van der Waals surface area contributed by atoms with E-state index in [9.17, 15) is 13.2 Å². The lowest BCUT2D eigenvalue weighted by Gasteiger charge is -2.34. The maximum Gasteiger partial charge on any atom is 0.265 e. The average molecular weight is 406 g/mol. The van der Waals surface area contributed by atoms with Crippen molar-refractivity contribution in [2.75, 3.05) is 19.8 Å². The number of sulfone groups is 1. The molecule has 1 amide bonds. The smallest absolute Gasteiger partial charge is 0.265 e. The molecule has 3 rings (SSSR count). The second-order valence-corrected chi connectivity index (χ2v) is 8.74. The number of hydroxylamine groups is 1. The maximum atomic E-state index is 13.1. The average Bonchev–Trinajstić information content (AvgIpc) is 2.74. The van der Waals surface area contributed by atoms with E-state index in [4.69, 9.17) is 14.7 Å². The summed E-state index contributed by atoms with van der Waals surface area (Å²) in [6.45, 7) is 0.677. The Labute approximate surface area is 163 Å². The molecule has 0 saturated carbocycles. The summed E-state index contributed by atoms with van der Waals surface area (Å²) in [7, 11) is -4.03. The number of nitrogens with zero attached hydrogens (tertiary/aromatic N) is 1. The number of nitrogens with one attached hydrogen (secondary N) is 1. The molecule has 0 spiro atoms. The molecule has 0 aliphatic carbocycles. The van der Waals surface area contributed by atoms with Crippen molar-refractivity contribution >= 4 is 15.7 Å². The molecular weight excluding hydrogens is 384 g/mol. The van der Waals surface area contributed by atoms with Crippen LogP contribution in [0.3, 0.4) is 0 Å². The van der Waals surface area contributed by atoms with Crippen LogP contribution in [0.5, 0.6) is 5.75 Å². The van der Waals surface area contributed by atoms with Crippen molar-refractivity contribution in [3.8, 4) is 5.75 Å². The van der Waals surface area contributed by atoms with E-state index < -0.39 is 20.5 Å². The van der Waals surface area contributed by atoms with E-state index in [1.54, 1.807) is 24.5 Å². The summed E-state index contributed by atoms with van der Waals surface area (Å²) in [4.78, 5) is 16.3. The predicted octanol–water partition coefficient (Wildman–Crippen LogP) is 1.53. The zero-order valence-electron chi connectivity index (χ0n) is 15.2. The largest absolute Gasteiger partial charge is 0.493 e. The van der Waals surface area contributed by atoms with Gasteiger partial charge in [-0.25, -0.2) is 13.9 Å². The molecule has 2 aromatic rings. The van der Waals surface area contributed by atoms with Gasteiger partial charge in [-0.05, 0) is 48.7 Å². The van der Waals surface area contributed by atoms with Crippen LogP contribution in [-0.2, 0) is 25.8 Å². The molecule has 1 aliphatic rings. The van der Waals surface area contributed by atoms with E-state index in [2.05, 4.69) is 4.98 Å². The lowest BCUT2D eigenvalue weighted by molar-refractivity contribution is -0.134. The number of pyridine rings is 1. The SMILES string of the molecule is O=C(NO)C1(S(=O)(=O)c2ccc(OCCc3cccnc3)cc2)CCOCC1. The second kappa shape index (κ2) is 8.68. The molecule has 0 bridgehead atoms. The third-order valence-corrected chi connectivity index (χ3v) is 7.36. The van der Waals surface area contributed by atoms with Gasteiger partial charge in [-0.15, -0.1) is 0 Å². The molecule has 1 saturated heterocycles. The zero-order valence-corrected chi connectivity index (χ0v) is 16.0. The quantitative estimate of drug-likeness (QED) is 0.529. The fraction of sp³-hybridized carbons (Fsp3) is 0.368. The van der Waals surface area contributed by atoms with Crippen LogP contribution < -0.4 is 10.2 Å². The van der Waals surface area contributed by atoms with Crippen molar-refractivity contribution < 1.29 is 27.9 Å². The fourth-order valence-corrected chi connectivity index (χ4v) is 5.13.